The molecule has 0 unspecified atom stereocenters. The van der Waals surface area contributed by atoms with Crippen molar-refractivity contribution < 1.29 is 17.9 Å². The summed E-state index contributed by atoms with van der Waals surface area (Å²) in [5.74, 6) is 0.185. The molecule has 2 aromatic carbocycles. The highest BCUT2D eigenvalue weighted by Gasteiger charge is 2.17. The molecule has 1 amide bonds. The zero-order chi connectivity index (χ0) is 19.3. The third kappa shape index (κ3) is 5.31. The molecule has 0 radical (unpaired) electrons. The number of sulfonamides is 1. The number of amides is 1. The van der Waals surface area contributed by atoms with E-state index in [-0.39, 0.29) is 23.5 Å². The molecule has 0 atom stereocenters. The Balaban J connectivity index is 2.02. The molecule has 0 saturated carbocycles. The first kappa shape index (κ1) is 19.9. The van der Waals surface area contributed by atoms with Gasteiger partial charge in [0.2, 0.25) is 10.0 Å². The van der Waals surface area contributed by atoms with E-state index >= 15 is 0 Å². The maximum atomic E-state index is 12.2. The molecular weight excluding hydrogens is 352 g/mol. The molecule has 0 aromatic heterocycles. The van der Waals surface area contributed by atoms with Gasteiger partial charge in [0.25, 0.3) is 5.91 Å². The molecule has 0 aliphatic rings. The molecule has 26 heavy (non-hydrogen) atoms. The fourth-order valence-electron chi connectivity index (χ4n) is 2.37. The van der Waals surface area contributed by atoms with Crippen molar-refractivity contribution in [2.24, 2.45) is 0 Å². The summed E-state index contributed by atoms with van der Waals surface area (Å²) in [6.45, 7) is 7.00. The molecule has 0 saturated heterocycles. The van der Waals surface area contributed by atoms with E-state index in [4.69, 9.17) is 4.74 Å². The van der Waals surface area contributed by atoms with Crippen LogP contribution in [0.3, 0.4) is 0 Å². The van der Waals surface area contributed by atoms with Gasteiger partial charge in [-0.25, -0.2) is 13.1 Å². The van der Waals surface area contributed by atoms with Gasteiger partial charge < -0.3 is 10.1 Å². The SMILES string of the molecule is Cc1ccccc1NC(=O)COc1ccc(S(=O)(=O)NC(C)C)cc1C. The fourth-order valence-corrected chi connectivity index (χ4v) is 3.71. The number of para-hydroxylation sites is 1. The predicted octanol–water partition coefficient (Wildman–Crippen LogP) is 3.01. The van der Waals surface area contributed by atoms with Crippen molar-refractivity contribution in [1.29, 1.82) is 0 Å². The van der Waals surface area contributed by atoms with Crippen LogP contribution in [0.1, 0.15) is 25.0 Å². The van der Waals surface area contributed by atoms with Crippen LogP contribution in [0.4, 0.5) is 5.69 Å². The molecule has 2 N–H and O–H groups in total. The van der Waals surface area contributed by atoms with E-state index in [0.717, 1.165) is 11.3 Å². The molecule has 2 rings (SSSR count). The Morgan fingerprint density at radius 3 is 2.38 bits per heavy atom. The number of hydrogen-bond acceptors (Lipinski definition) is 4. The summed E-state index contributed by atoms with van der Waals surface area (Å²) in [6.07, 6.45) is 0. The second kappa shape index (κ2) is 8.33. The lowest BCUT2D eigenvalue weighted by Crippen LogP contribution is -2.30. The van der Waals surface area contributed by atoms with Gasteiger partial charge in [0.15, 0.2) is 6.61 Å². The van der Waals surface area contributed by atoms with Crippen molar-refractivity contribution in [1.82, 2.24) is 4.72 Å². The first-order chi connectivity index (χ1) is 12.2. The molecule has 0 heterocycles. The zero-order valence-corrected chi connectivity index (χ0v) is 16.2. The summed E-state index contributed by atoms with van der Waals surface area (Å²) in [5.41, 5.74) is 2.34. The Kier molecular flexibility index (Phi) is 6.39. The quantitative estimate of drug-likeness (QED) is 0.778. The molecule has 2 aromatic rings. The van der Waals surface area contributed by atoms with E-state index < -0.39 is 10.0 Å². The highest BCUT2D eigenvalue weighted by atomic mass is 32.2. The summed E-state index contributed by atoms with van der Waals surface area (Å²) >= 11 is 0. The fraction of sp³-hybridized carbons (Fsp3) is 0.316. The lowest BCUT2D eigenvalue weighted by atomic mass is 10.2. The topological polar surface area (TPSA) is 84.5 Å². The highest BCUT2D eigenvalue weighted by Crippen LogP contribution is 2.22. The zero-order valence-electron chi connectivity index (χ0n) is 15.4. The Hall–Kier alpha value is -2.38. The lowest BCUT2D eigenvalue weighted by Gasteiger charge is -2.13. The van der Waals surface area contributed by atoms with Gasteiger partial charge in [-0.3, -0.25) is 4.79 Å². The van der Waals surface area contributed by atoms with E-state index in [0.29, 0.717) is 11.3 Å². The molecule has 0 bridgehead atoms. The van der Waals surface area contributed by atoms with Gasteiger partial charge in [0, 0.05) is 11.7 Å². The number of anilines is 1. The second-order valence-corrected chi connectivity index (χ2v) is 8.07. The molecule has 7 heteroatoms. The van der Waals surface area contributed by atoms with Gasteiger partial charge in [0.1, 0.15) is 5.75 Å². The van der Waals surface area contributed by atoms with Crippen molar-refractivity contribution in [2.45, 2.75) is 38.6 Å². The normalized spacial score (nSPS) is 11.4. The van der Waals surface area contributed by atoms with Gasteiger partial charge in [-0.15, -0.1) is 0 Å². The summed E-state index contributed by atoms with van der Waals surface area (Å²) in [6, 6.07) is 11.8. The third-order valence-corrected chi connectivity index (χ3v) is 5.28. The van der Waals surface area contributed by atoms with E-state index in [1.807, 2.05) is 31.2 Å². The lowest BCUT2D eigenvalue weighted by molar-refractivity contribution is -0.118. The summed E-state index contributed by atoms with van der Waals surface area (Å²) in [4.78, 5) is 12.2. The van der Waals surface area contributed by atoms with Crippen LogP contribution in [0.15, 0.2) is 47.4 Å². The van der Waals surface area contributed by atoms with Gasteiger partial charge in [-0.1, -0.05) is 18.2 Å². The van der Waals surface area contributed by atoms with Crippen molar-refractivity contribution in [3.05, 3.63) is 53.6 Å². The van der Waals surface area contributed by atoms with Crippen LogP contribution in [0, 0.1) is 13.8 Å². The molecule has 0 fully saturated rings. The Morgan fingerprint density at radius 2 is 1.77 bits per heavy atom. The molecule has 0 aliphatic heterocycles. The summed E-state index contributed by atoms with van der Waals surface area (Å²) in [7, 11) is -3.56. The van der Waals surface area contributed by atoms with Gasteiger partial charge >= 0.3 is 0 Å². The monoisotopic (exact) mass is 376 g/mol. The average Bonchev–Trinajstić information content (AvgIpc) is 2.54. The highest BCUT2D eigenvalue weighted by molar-refractivity contribution is 7.89. The number of rotatable bonds is 7. The van der Waals surface area contributed by atoms with Crippen LogP contribution in [0.25, 0.3) is 0 Å². The van der Waals surface area contributed by atoms with E-state index in [9.17, 15) is 13.2 Å². The van der Waals surface area contributed by atoms with E-state index in [1.54, 1.807) is 26.8 Å². The number of hydrogen-bond donors (Lipinski definition) is 2. The second-order valence-electron chi connectivity index (χ2n) is 6.36. The van der Waals surface area contributed by atoms with Crippen LogP contribution in [-0.4, -0.2) is 27.0 Å². The van der Waals surface area contributed by atoms with Crippen LogP contribution in [-0.2, 0) is 14.8 Å². The van der Waals surface area contributed by atoms with Crippen LogP contribution in [0.2, 0.25) is 0 Å². The number of carbonyl (C=O) groups excluding carboxylic acids is 1. The molecule has 0 spiro atoms. The first-order valence-corrected chi connectivity index (χ1v) is 9.78. The van der Waals surface area contributed by atoms with Crippen molar-refractivity contribution >= 4 is 21.6 Å². The van der Waals surface area contributed by atoms with Crippen molar-refractivity contribution in [2.75, 3.05) is 11.9 Å². The number of nitrogens with one attached hydrogen (secondary N) is 2. The van der Waals surface area contributed by atoms with Crippen molar-refractivity contribution in [3.8, 4) is 5.75 Å². The van der Waals surface area contributed by atoms with Crippen LogP contribution in [0.5, 0.6) is 5.75 Å². The molecular formula is C19H24N2O4S. The molecule has 6 nitrogen and oxygen atoms in total. The minimum Gasteiger partial charge on any atom is -0.483 e. The standard InChI is InChI=1S/C19H24N2O4S/c1-13(2)21-26(23,24)16-9-10-18(15(4)11-16)25-12-19(22)20-17-8-6-5-7-14(17)3/h5-11,13,21H,12H2,1-4H3,(H,20,22). The van der Waals surface area contributed by atoms with Gasteiger partial charge in [-0.2, -0.15) is 0 Å². The van der Waals surface area contributed by atoms with Gasteiger partial charge in [-0.05, 0) is 63.1 Å². The molecule has 0 aliphatic carbocycles. The van der Waals surface area contributed by atoms with Gasteiger partial charge in [0.05, 0.1) is 4.90 Å². The number of carbonyl (C=O) groups is 1. The minimum atomic E-state index is -3.56. The average molecular weight is 376 g/mol. The third-order valence-electron chi connectivity index (χ3n) is 3.63. The van der Waals surface area contributed by atoms with Crippen molar-refractivity contribution in [3.63, 3.8) is 0 Å². The largest absolute Gasteiger partial charge is 0.483 e. The number of aryl methyl sites for hydroxylation is 2. The maximum absolute atomic E-state index is 12.2. The first-order valence-electron chi connectivity index (χ1n) is 8.30. The predicted molar refractivity (Wildman–Crippen MR) is 102 cm³/mol. The van der Waals surface area contributed by atoms with E-state index in [1.165, 1.54) is 12.1 Å². The minimum absolute atomic E-state index is 0.161. The summed E-state index contributed by atoms with van der Waals surface area (Å²) < 4.78 is 32.4. The maximum Gasteiger partial charge on any atom is 0.262 e. The van der Waals surface area contributed by atoms with Crippen LogP contribution >= 0.6 is 0 Å². The molecule has 140 valence electrons. The smallest absolute Gasteiger partial charge is 0.262 e. The summed E-state index contributed by atoms with van der Waals surface area (Å²) in [5, 5.41) is 2.79. The van der Waals surface area contributed by atoms with E-state index in [2.05, 4.69) is 10.0 Å². The number of ether oxygens (including phenoxy) is 1. The number of benzene rings is 2. The Morgan fingerprint density at radius 1 is 1.08 bits per heavy atom. The Labute approximate surface area is 154 Å². The Bertz CT molecular complexity index is 892. The van der Waals surface area contributed by atoms with Crippen LogP contribution < -0.4 is 14.8 Å².